The van der Waals surface area contributed by atoms with Crippen molar-refractivity contribution in [2.45, 2.75) is 51.0 Å². The number of piperidine rings is 1. The first-order valence-electron chi connectivity index (χ1n) is 7.43. The van der Waals surface area contributed by atoms with Crippen LogP contribution in [0.3, 0.4) is 0 Å². The van der Waals surface area contributed by atoms with E-state index in [4.69, 9.17) is 4.74 Å². The number of carbonyl (C=O) groups is 1. The fourth-order valence-electron chi connectivity index (χ4n) is 2.84. The molecule has 2 heterocycles. The summed E-state index contributed by atoms with van der Waals surface area (Å²) in [4.78, 5) is 11.7. The molecule has 4 nitrogen and oxygen atoms in total. The van der Waals surface area contributed by atoms with Gasteiger partial charge in [0.2, 0.25) is 5.91 Å². The number of hydrogen-bond donors (Lipinski definition) is 2. The Hall–Kier alpha value is -0.320. The smallest absolute Gasteiger partial charge is 0.220 e. The van der Waals surface area contributed by atoms with Crippen molar-refractivity contribution < 1.29 is 9.53 Å². The minimum Gasteiger partial charge on any atom is -0.378 e. The number of halogens is 1. The van der Waals surface area contributed by atoms with Gasteiger partial charge in [0.25, 0.3) is 0 Å². The lowest BCUT2D eigenvalue weighted by molar-refractivity contribution is -0.121. The zero-order chi connectivity index (χ0) is 12.6. The minimum absolute atomic E-state index is 0. The molecule has 2 atom stereocenters. The van der Waals surface area contributed by atoms with E-state index in [1.54, 1.807) is 0 Å². The third kappa shape index (κ3) is 6.59. The normalized spacial score (nSPS) is 26.7. The third-order valence-electron chi connectivity index (χ3n) is 3.99. The molecule has 0 spiro atoms. The molecule has 0 saturated carbocycles. The second-order valence-corrected chi connectivity index (χ2v) is 5.52. The number of rotatable bonds is 6. The fraction of sp³-hybridized carbons (Fsp3) is 0.929. The van der Waals surface area contributed by atoms with Crippen LogP contribution >= 0.6 is 12.4 Å². The summed E-state index contributed by atoms with van der Waals surface area (Å²) in [6.07, 6.45) is 7.81. The SMILES string of the molecule is Cl.O=C(CCC1CCCO1)NCCC1CCCNC1. The monoisotopic (exact) mass is 290 g/mol. The summed E-state index contributed by atoms with van der Waals surface area (Å²) in [6, 6.07) is 0. The van der Waals surface area contributed by atoms with Gasteiger partial charge in [0, 0.05) is 19.6 Å². The molecule has 2 unspecified atom stereocenters. The summed E-state index contributed by atoms with van der Waals surface area (Å²) in [5.74, 6) is 0.937. The van der Waals surface area contributed by atoms with Crippen molar-refractivity contribution in [3.05, 3.63) is 0 Å². The first kappa shape index (κ1) is 16.7. The van der Waals surface area contributed by atoms with Gasteiger partial charge >= 0.3 is 0 Å². The van der Waals surface area contributed by atoms with Gasteiger partial charge in [-0.15, -0.1) is 12.4 Å². The number of ether oxygens (including phenoxy) is 1. The summed E-state index contributed by atoms with van der Waals surface area (Å²) in [5, 5.41) is 6.44. The van der Waals surface area contributed by atoms with Gasteiger partial charge in [-0.05, 0) is 57.5 Å². The van der Waals surface area contributed by atoms with E-state index in [2.05, 4.69) is 10.6 Å². The quantitative estimate of drug-likeness (QED) is 0.785. The minimum atomic E-state index is 0. The molecule has 2 aliphatic rings. The average Bonchev–Trinajstić information content (AvgIpc) is 2.91. The van der Waals surface area contributed by atoms with E-state index in [0.717, 1.165) is 57.8 Å². The molecular formula is C14H27ClN2O2. The Morgan fingerprint density at radius 3 is 2.84 bits per heavy atom. The molecule has 2 fully saturated rings. The Morgan fingerprint density at radius 1 is 1.26 bits per heavy atom. The lowest BCUT2D eigenvalue weighted by Crippen LogP contribution is -2.33. The molecule has 0 aromatic carbocycles. The molecule has 0 aromatic heterocycles. The second kappa shape index (κ2) is 9.56. The topological polar surface area (TPSA) is 50.4 Å². The van der Waals surface area contributed by atoms with Crippen LogP contribution in [0, 0.1) is 5.92 Å². The van der Waals surface area contributed by atoms with Gasteiger partial charge < -0.3 is 15.4 Å². The predicted octanol–water partition coefficient (Wildman–Crippen LogP) is 1.87. The molecule has 2 aliphatic heterocycles. The van der Waals surface area contributed by atoms with Crippen molar-refractivity contribution in [3.63, 3.8) is 0 Å². The van der Waals surface area contributed by atoms with Crippen LogP contribution < -0.4 is 10.6 Å². The zero-order valence-corrected chi connectivity index (χ0v) is 12.5. The maximum Gasteiger partial charge on any atom is 0.220 e. The molecule has 0 radical (unpaired) electrons. The summed E-state index contributed by atoms with van der Waals surface area (Å²) < 4.78 is 5.51. The van der Waals surface area contributed by atoms with Crippen molar-refractivity contribution in [2.24, 2.45) is 5.92 Å². The van der Waals surface area contributed by atoms with Crippen molar-refractivity contribution in [1.29, 1.82) is 0 Å². The van der Waals surface area contributed by atoms with Crippen LogP contribution in [0.5, 0.6) is 0 Å². The second-order valence-electron chi connectivity index (χ2n) is 5.52. The highest BCUT2D eigenvalue weighted by Crippen LogP contribution is 2.16. The largest absolute Gasteiger partial charge is 0.378 e. The molecule has 2 rings (SSSR count). The highest BCUT2D eigenvalue weighted by atomic mass is 35.5. The van der Waals surface area contributed by atoms with Crippen molar-refractivity contribution in [2.75, 3.05) is 26.2 Å². The Labute approximate surface area is 122 Å². The maximum atomic E-state index is 11.7. The molecule has 0 aliphatic carbocycles. The molecule has 2 N–H and O–H groups in total. The van der Waals surface area contributed by atoms with Crippen LogP contribution in [0.1, 0.15) is 44.9 Å². The zero-order valence-electron chi connectivity index (χ0n) is 11.7. The van der Waals surface area contributed by atoms with E-state index in [1.165, 1.54) is 12.8 Å². The lowest BCUT2D eigenvalue weighted by atomic mass is 9.96. The van der Waals surface area contributed by atoms with Crippen molar-refractivity contribution >= 4 is 18.3 Å². The summed E-state index contributed by atoms with van der Waals surface area (Å²) in [6.45, 7) is 3.98. The lowest BCUT2D eigenvalue weighted by Gasteiger charge is -2.22. The van der Waals surface area contributed by atoms with E-state index in [-0.39, 0.29) is 18.3 Å². The van der Waals surface area contributed by atoms with Crippen molar-refractivity contribution in [3.8, 4) is 0 Å². The Bertz CT molecular complexity index is 252. The van der Waals surface area contributed by atoms with E-state index in [9.17, 15) is 4.79 Å². The number of nitrogens with one attached hydrogen (secondary N) is 2. The van der Waals surface area contributed by atoms with Gasteiger partial charge in [-0.2, -0.15) is 0 Å². The highest BCUT2D eigenvalue weighted by Gasteiger charge is 2.17. The molecule has 0 aromatic rings. The van der Waals surface area contributed by atoms with E-state index >= 15 is 0 Å². The van der Waals surface area contributed by atoms with Crippen molar-refractivity contribution in [1.82, 2.24) is 10.6 Å². The standard InChI is InChI=1S/C14H26N2O2.ClH/c17-14(6-5-13-4-2-10-18-13)16-9-7-12-3-1-8-15-11-12;/h12-13,15H,1-11H2,(H,16,17);1H. The number of hydrogen-bond acceptors (Lipinski definition) is 3. The summed E-state index contributed by atoms with van der Waals surface area (Å²) >= 11 is 0. The number of amides is 1. The van der Waals surface area contributed by atoms with Gasteiger partial charge in [0.1, 0.15) is 0 Å². The molecule has 2 saturated heterocycles. The van der Waals surface area contributed by atoms with E-state index in [0.29, 0.717) is 12.5 Å². The van der Waals surface area contributed by atoms with Gasteiger partial charge in [0.05, 0.1) is 6.10 Å². The first-order valence-corrected chi connectivity index (χ1v) is 7.43. The van der Waals surface area contributed by atoms with Crippen LogP contribution in [-0.2, 0) is 9.53 Å². The molecule has 1 amide bonds. The van der Waals surface area contributed by atoms with Crippen LogP contribution in [0.4, 0.5) is 0 Å². The van der Waals surface area contributed by atoms with E-state index in [1.807, 2.05) is 0 Å². The van der Waals surface area contributed by atoms with E-state index < -0.39 is 0 Å². The fourth-order valence-corrected chi connectivity index (χ4v) is 2.84. The van der Waals surface area contributed by atoms with Gasteiger partial charge in [-0.3, -0.25) is 4.79 Å². The van der Waals surface area contributed by atoms with Crippen LogP contribution in [0.2, 0.25) is 0 Å². The van der Waals surface area contributed by atoms with Gasteiger partial charge in [0.15, 0.2) is 0 Å². The molecule has 112 valence electrons. The Balaban J connectivity index is 0.00000180. The molecular weight excluding hydrogens is 264 g/mol. The average molecular weight is 291 g/mol. The summed E-state index contributed by atoms with van der Waals surface area (Å²) in [5.41, 5.74) is 0. The maximum absolute atomic E-state index is 11.7. The van der Waals surface area contributed by atoms with Crippen LogP contribution in [-0.4, -0.2) is 38.3 Å². The molecule has 5 heteroatoms. The molecule has 19 heavy (non-hydrogen) atoms. The van der Waals surface area contributed by atoms with Crippen LogP contribution in [0.25, 0.3) is 0 Å². The van der Waals surface area contributed by atoms with Gasteiger partial charge in [-0.1, -0.05) is 0 Å². The van der Waals surface area contributed by atoms with Gasteiger partial charge in [-0.25, -0.2) is 0 Å². The summed E-state index contributed by atoms with van der Waals surface area (Å²) in [7, 11) is 0. The first-order chi connectivity index (χ1) is 8.84. The third-order valence-corrected chi connectivity index (χ3v) is 3.99. The number of carbonyl (C=O) groups excluding carboxylic acids is 1. The van der Waals surface area contributed by atoms with Crippen LogP contribution in [0.15, 0.2) is 0 Å². The Morgan fingerprint density at radius 2 is 2.16 bits per heavy atom. The predicted molar refractivity (Wildman–Crippen MR) is 78.7 cm³/mol. The highest BCUT2D eigenvalue weighted by molar-refractivity contribution is 5.85. The molecule has 0 bridgehead atoms. The Kier molecular flexibility index (Phi) is 8.42.